The SMILES string of the molecule is c1ccc2c(c1)Oc1cccc3c4cc(-c5ccccc5N(c5ccc6c(c5)oc5ccccc56)c5cccc6ccccc56)ccc4n-2c13. The molecular weight excluding hydrogens is 613 g/mol. The number of hydrogen-bond donors (Lipinski definition) is 0. The summed E-state index contributed by atoms with van der Waals surface area (Å²) >= 11 is 0. The fourth-order valence-electron chi connectivity index (χ4n) is 7.96. The molecule has 50 heavy (non-hydrogen) atoms. The molecule has 0 unspecified atom stereocenters. The normalized spacial score (nSPS) is 12.2. The van der Waals surface area contributed by atoms with Gasteiger partial charge in [-0.25, -0.2) is 0 Å². The molecule has 0 amide bonds. The van der Waals surface area contributed by atoms with E-state index in [9.17, 15) is 0 Å². The number of nitrogens with zero attached hydrogens (tertiary/aromatic N) is 2. The van der Waals surface area contributed by atoms with Crippen molar-refractivity contribution >= 4 is 71.6 Å². The second-order valence-corrected chi connectivity index (χ2v) is 12.9. The Kier molecular flexibility index (Phi) is 5.63. The van der Waals surface area contributed by atoms with E-state index in [0.29, 0.717) is 0 Å². The average Bonchev–Trinajstić information content (AvgIpc) is 3.72. The minimum Gasteiger partial charge on any atom is -0.456 e. The summed E-state index contributed by atoms with van der Waals surface area (Å²) in [7, 11) is 0. The molecule has 0 N–H and O–H groups in total. The van der Waals surface area contributed by atoms with Gasteiger partial charge in [0, 0.05) is 44.2 Å². The quantitative estimate of drug-likeness (QED) is 0.192. The highest BCUT2D eigenvalue weighted by Gasteiger charge is 2.25. The van der Waals surface area contributed by atoms with E-state index in [-0.39, 0.29) is 0 Å². The summed E-state index contributed by atoms with van der Waals surface area (Å²) in [4.78, 5) is 2.38. The van der Waals surface area contributed by atoms with Crippen LogP contribution >= 0.6 is 0 Å². The van der Waals surface area contributed by atoms with E-state index in [4.69, 9.17) is 9.15 Å². The fraction of sp³-hybridized carbons (Fsp3) is 0. The standard InChI is InChI=1S/C46H28N2O2/c1-2-13-32-29(11-1)12-9-19-39(32)47(31-24-25-35-34-15-4-7-20-42(34)49-45(35)28-31)38-17-5-3-14-33(38)30-23-26-40-37(27-30)36-16-10-22-44-46(36)48(40)41-18-6-8-21-43(41)50-44/h1-28H. The van der Waals surface area contributed by atoms with Gasteiger partial charge in [0.15, 0.2) is 11.5 Å². The van der Waals surface area contributed by atoms with E-state index in [1.54, 1.807) is 0 Å². The van der Waals surface area contributed by atoms with Crippen molar-refractivity contribution in [1.29, 1.82) is 0 Å². The smallest absolute Gasteiger partial charge is 0.152 e. The third-order valence-corrected chi connectivity index (χ3v) is 10.2. The van der Waals surface area contributed by atoms with Crippen LogP contribution in [0, 0.1) is 0 Å². The molecule has 0 radical (unpaired) electrons. The van der Waals surface area contributed by atoms with Gasteiger partial charge in [0.2, 0.25) is 0 Å². The van der Waals surface area contributed by atoms with E-state index in [2.05, 4.69) is 155 Å². The second kappa shape index (κ2) is 10.4. The van der Waals surface area contributed by atoms with Crippen LogP contribution in [0.5, 0.6) is 11.5 Å². The lowest BCUT2D eigenvalue weighted by Gasteiger charge is -2.29. The Morgan fingerprint density at radius 3 is 2.16 bits per heavy atom. The number of aromatic nitrogens is 1. The molecule has 4 heteroatoms. The van der Waals surface area contributed by atoms with Gasteiger partial charge in [-0.15, -0.1) is 0 Å². The number of fused-ring (bicyclic) bond motifs is 9. The third-order valence-electron chi connectivity index (χ3n) is 10.2. The minimum atomic E-state index is 0.865. The maximum absolute atomic E-state index is 6.42. The highest BCUT2D eigenvalue weighted by molar-refractivity contribution is 6.14. The first-order valence-corrected chi connectivity index (χ1v) is 16.9. The van der Waals surface area contributed by atoms with Crippen molar-refractivity contribution < 1.29 is 9.15 Å². The lowest BCUT2D eigenvalue weighted by molar-refractivity contribution is 0.476. The lowest BCUT2D eigenvalue weighted by atomic mass is 9.98. The van der Waals surface area contributed by atoms with Crippen LogP contribution in [0.2, 0.25) is 0 Å². The molecule has 8 aromatic carbocycles. The topological polar surface area (TPSA) is 30.5 Å². The molecule has 234 valence electrons. The van der Waals surface area contributed by atoms with Gasteiger partial charge in [-0.3, -0.25) is 0 Å². The molecule has 0 aliphatic carbocycles. The predicted octanol–water partition coefficient (Wildman–Crippen LogP) is 13.1. The summed E-state index contributed by atoms with van der Waals surface area (Å²) in [6, 6.07) is 60.2. The number of para-hydroxylation sites is 5. The highest BCUT2D eigenvalue weighted by atomic mass is 16.5. The molecule has 4 nitrogen and oxygen atoms in total. The molecule has 10 aromatic rings. The highest BCUT2D eigenvalue weighted by Crippen LogP contribution is 2.48. The Labute approximate surface area is 287 Å². The van der Waals surface area contributed by atoms with Crippen LogP contribution in [-0.2, 0) is 0 Å². The van der Waals surface area contributed by atoms with E-state index >= 15 is 0 Å². The number of benzene rings is 8. The molecule has 0 fully saturated rings. The van der Waals surface area contributed by atoms with Crippen molar-refractivity contribution in [3.8, 4) is 28.3 Å². The Hall–Kier alpha value is -6.78. The Morgan fingerprint density at radius 1 is 0.460 bits per heavy atom. The van der Waals surface area contributed by atoms with Gasteiger partial charge in [0.05, 0.1) is 28.1 Å². The van der Waals surface area contributed by atoms with Crippen LogP contribution in [-0.4, -0.2) is 4.57 Å². The van der Waals surface area contributed by atoms with Gasteiger partial charge >= 0.3 is 0 Å². The van der Waals surface area contributed by atoms with Crippen LogP contribution in [0.15, 0.2) is 174 Å². The molecule has 11 rings (SSSR count). The van der Waals surface area contributed by atoms with Crippen LogP contribution in [0.3, 0.4) is 0 Å². The molecular formula is C46H28N2O2. The summed E-state index contributed by atoms with van der Waals surface area (Å²) in [5, 5.41) is 6.97. The zero-order valence-electron chi connectivity index (χ0n) is 26.9. The van der Waals surface area contributed by atoms with E-state index < -0.39 is 0 Å². The van der Waals surface area contributed by atoms with Crippen molar-refractivity contribution in [2.45, 2.75) is 0 Å². The van der Waals surface area contributed by atoms with Crippen LogP contribution in [0.1, 0.15) is 0 Å². The molecule has 0 saturated heterocycles. The molecule has 1 aliphatic rings. The van der Waals surface area contributed by atoms with Crippen molar-refractivity contribution in [1.82, 2.24) is 4.57 Å². The number of anilines is 3. The van der Waals surface area contributed by atoms with Gasteiger partial charge in [-0.1, -0.05) is 103 Å². The first kappa shape index (κ1) is 27.2. The van der Waals surface area contributed by atoms with Crippen molar-refractivity contribution in [2.75, 3.05) is 4.90 Å². The summed E-state index contributed by atoms with van der Waals surface area (Å²) < 4.78 is 15.2. The van der Waals surface area contributed by atoms with Crippen molar-refractivity contribution in [3.63, 3.8) is 0 Å². The number of hydrogen-bond acceptors (Lipinski definition) is 3. The maximum atomic E-state index is 6.42. The zero-order chi connectivity index (χ0) is 32.8. The molecule has 0 saturated carbocycles. The number of ether oxygens (including phenoxy) is 1. The van der Waals surface area contributed by atoms with Crippen molar-refractivity contribution in [3.05, 3.63) is 170 Å². The number of furan rings is 1. The summed E-state index contributed by atoms with van der Waals surface area (Å²) in [5.74, 6) is 1.74. The summed E-state index contributed by atoms with van der Waals surface area (Å²) in [6.45, 7) is 0. The second-order valence-electron chi connectivity index (χ2n) is 12.9. The first-order valence-electron chi connectivity index (χ1n) is 16.9. The molecule has 0 spiro atoms. The molecule has 1 aliphatic heterocycles. The van der Waals surface area contributed by atoms with Crippen LogP contribution in [0.25, 0.3) is 71.3 Å². The Balaban J connectivity index is 1.16. The van der Waals surface area contributed by atoms with Gasteiger partial charge < -0.3 is 18.6 Å². The van der Waals surface area contributed by atoms with Crippen molar-refractivity contribution in [2.24, 2.45) is 0 Å². The molecule has 3 heterocycles. The predicted molar refractivity (Wildman–Crippen MR) is 206 cm³/mol. The third kappa shape index (κ3) is 3.87. The van der Waals surface area contributed by atoms with Gasteiger partial charge in [0.1, 0.15) is 11.2 Å². The van der Waals surface area contributed by atoms with Gasteiger partial charge in [0.25, 0.3) is 0 Å². The molecule has 0 bridgehead atoms. The molecule has 2 aromatic heterocycles. The summed E-state index contributed by atoms with van der Waals surface area (Å²) in [5.41, 5.74) is 10.6. The van der Waals surface area contributed by atoms with E-state index in [0.717, 1.165) is 78.3 Å². The first-order chi connectivity index (χ1) is 24.8. The number of rotatable bonds is 4. The van der Waals surface area contributed by atoms with Crippen LogP contribution < -0.4 is 9.64 Å². The fourth-order valence-corrected chi connectivity index (χ4v) is 7.96. The van der Waals surface area contributed by atoms with Gasteiger partial charge in [-0.05, 0) is 71.6 Å². The lowest BCUT2D eigenvalue weighted by Crippen LogP contribution is -2.11. The Morgan fingerprint density at radius 2 is 1.18 bits per heavy atom. The summed E-state index contributed by atoms with van der Waals surface area (Å²) in [6.07, 6.45) is 0. The van der Waals surface area contributed by atoms with Crippen LogP contribution in [0.4, 0.5) is 17.1 Å². The largest absolute Gasteiger partial charge is 0.456 e. The molecule has 0 atom stereocenters. The maximum Gasteiger partial charge on any atom is 0.152 e. The monoisotopic (exact) mass is 640 g/mol. The zero-order valence-corrected chi connectivity index (χ0v) is 26.9. The van der Waals surface area contributed by atoms with E-state index in [1.165, 1.54) is 21.5 Å². The average molecular weight is 641 g/mol. The Bertz CT molecular complexity index is 2980. The van der Waals surface area contributed by atoms with Gasteiger partial charge in [-0.2, -0.15) is 0 Å². The van der Waals surface area contributed by atoms with E-state index in [1.807, 2.05) is 24.3 Å². The minimum absolute atomic E-state index is 0.865.